The van der Waals surface area contributed by atoms with Crippen LogP contribution >= 0.6 is 11.8 Å². The number of carbonyl (C=O) groups excluding carboxylic acids is 1. The van der Waals surface area contributed by atoms with Gasteiger partial charge >= 0.3 is 0 Å². The third-order valence-corrected chi connectivity index (χ3v) is 6.24. The molecule has 3 nitrogen and oxygen atoms in total. The van der Waals surface area contributed by atoms with Crippen molar-refractivity contribution in [3.63, 3.8) is 0 Å². The molecule has 0 spiro atoms. The lowest BCUT2D eigenvalue weighted by Gasteiger charge is -2.13. The highest BCUT2D eigenvalue weighted by atomic mass is 32.2. The Balaban J connectivity index is 2.04. The van der Waals surface area contributed by atoms with Crippen LogP contribution in [-0.2, 0) is 0 Å². The summed E-state index contributed by atoms with van der Waals surface area (Å²) in [5, 5.41) is 0. The van der Waals surface area contributed by atoms with Gasteiger partial charge in [-0.05, 0) is 73.1 Å². The van der Waals surface area contributed by atoms with E-state index in [4.69, 9.17) is 9.47 Å². The van der Waals surface area contributed by atoms with E-state index in [2.05, 4.69) is 20.8 Å². The molecule has 2 aromatic rings. The van der Waals surface area contributed by atoms with Crippen LogP contribution < -0.4 is 9.47 Å². The van der Waals surface area contributed by atoms with Crippen molar-refractivity contribution < 1.29 is 14.3 Å². The Kier molecular flexibility index (Phi) is 12.7. The minimum atomic E-state index is 0.00217. The molecule has 0 aromatic heterocycles. The van der Waals surface area contributed by atoms with Gasteiger partial charge < -0.3 is 9.47 Å². The Morgan fingerprint density at radius 3 is 2.09 bits per heavy atom. The Bertz CT molecular complexity index is 827. The van der Waals surface area contributed by atoms with E-state index in [0.29, 0.717) is 18.8 Å². The van der Waals surface area contributed by atoms with Crippen molar-refractivity contribution in [2.75, 3.05) is 19.0 Å². The first-order valence-corrected chi connectivity index (χ1v) is 13.0. The second-order valence-electron chi connectivity index (χ2n) is 7.89. The van der Waals surface area contributed by atoms with Crippen molar-refractivity contribution in [3.8, 4) is 11.5 Å². The van der Waals surface area contributed by atoms with E-state index in [1.807, 2.05) is 60.3 Å². The molecule has 174 valence electrons. The monoisotopic (exact) mass is 454 g/mol. The van der Waals surface area contributed by atoms with Gasteiger partial charge in [-0.15, -0.1) is 11.8 Å². The first kappa shape index (κ1) is 26.1. The van der Waals surface area contributed by atoms with Crippen LogP contribution in [-0.4, -0.2) is 24.7 Å². The van der Waals surface area contributed by atoms with Gasteiger partial charge in [-0.1, -0.05) is 58.6 Å². The molecule has 2 rings (SSSR count). The van der Waals surface area contributed by atoms with Gasteiger partial charge in [-0.25, -0.2) is 0 Å². The predicted octanol–water partition coefficient (Wildman–Crippen LogP) is 8.22. The lowest BCUT2D eigenvalue weighted by molar-refractivity contribution is 0.104. The van der Waals surface area contributed by atoms with Gasteiger partial charge in [-0.3, -0.25) is 4.79 Å². The second-order valence-corrected chi connectivity index (χ2v) is 9.06. The van der Waals surface area contributed by atoms with E-state index >= 15 is 0 Å². The highest BCUT2D eigenvalue weighted by molar-refractivity contribution is 7.99. The molecule has 0 heterocycles. The van der Waals surface area contributed by atoms with Gasteiger partial charge in [0, 0.05) is 10.5 Å². The van der Waals surface area contributed by atoms with Gasteiger partial charge in [-0.2, -0.15) is 0 Å². The van der Waals surface area contributed by atoms with Gasteiger partial charge in [0.15, 0.2) is 17.3 Å². The van der Waals surface area contributed by atoms with E-state index in [9.17, 15) is 4.79 Å². The fourth-order valence-electron chi connectivity index (χ4n) is 3.13. The smallest absolute Gasteiger partial charge is 0.185 e. The van der Waals surface area contributed by atoms with Gasteiger partial charge in [0.1, 0.15) is 0 Å². The van der Waals surface area contributed by atoms with Crippen LogP contribution in [0.15, 0.2) is 53.4 Å². The van der Waals surface area contributed by atoms with E-state index in [1.54, 1.807) is 6.08 Å². The molecule has 0 saturated carbocycles. The van der Waals surface area contributed by atoms with Crippen LogP contribution in [0.25, 0.3) is 6.08 Å². The molecule has 0 N–H and O–H groups in total. The number of unbranched alkanes of at least 4 members (excludes halogenated alkanes) is 4. The molecule has 0 radical (unpaired) electrons. The molecular formula is C28H38O3S. The number of rotatable bonds is 16. The topological polar surface area (TPSA) is 35.5 Å². The normalized spacial score (nSPS) is 11.1. The maximum atomic E-state index is 12.6. The Morgan fingerprint density at radius 1 is 0.812 bits per heavy atom. The lowest BCUT2D eigenvalue weighted by Crippen LogP contribution is -2.03. The van der Waals surface area contributed by atoms with Crippen molar-refractivity contribution in [2.24, 2.45) is 0 Å². The Hall–Kier alpha value is -2.20. The van der Waals surface area contributed by atoms with E-state index in [-0.39, 0.29) is 5.78 Å². The van der Waals surface area contributed by atoms with E-state index in [0.717, 1.165) is 61.3 Å². The van der Waals surface area contributed by atoms with Crippen LogP contribution in [0.2, 0.25) is 0 Å². The van der Waals surface area contributed by atoms with Crippen molar-refractivity contribution in [1.29, 1.82) is 0 Å². The van der Waals surface area contributed by atoms with Gasteiger partial charge in [0.05, 0.1) is 13.2 Å². The summed E-state index contributed by atoms with van der Waals surface area (Å²) in [5.74, 6) is 2.63. The van der Waals surface area contributed by atoms with Crippen LogP contribution in [0.5, 0.6) is 11.5 Å². The molecule has 32 heavy (non-hydrogen) atoms. The quantitative estimate of drug-likeness (QED) is 0.111. The second kappa shape index (κ2) is 15.6. The van der Waals surface area contributed by atoms with Gasteiger partial charge in [0.2, 0.25) is 0 Å². The molecule has 0 unspecified atom stereocenters. The zero-order valence-corrected chi connectivity index (χ0v) is 20.7. The predicted molar refractivity (Wildman–Crippen MR) is 137 cm³/mol. The summed E-state index contributed by atoms with van der Waals surface area (Å²) < 4.78 is 12.0. The summed E-state index contributed by atoms with van der Waals surface area (Å²) in [4.78, 5) is 13.8. The number of carbonyl (C=O) groups is 1. The molecule has 0 fully saturated rings. The summed E-state index contributed by atoms with van der Waals surface area (Å²) in [6.45, 7) is 7.91. The highest BCUT2D eigenvalue weighted by Crippen LogP contribution is 2.30. The molecular weight excluding hydrogens is 416 g/mol. The summed E-state index contributed by atoms with van der Waals surface area (Å²) in [6, 6.07) is 13.7. The minimum Gasteiger partial charge on any atom is -0.490 e. The summed E-state index contributed by atoms with van der Waals surface area (Å²) in [5.41, 5.74) is 1.63. The highest BCUT2D eigenvalue weighted by Gasteiger charge is 2.07. The molecule has 0 aliphatic heterocycles. The first-order chi connectivity index (χ1) is 15.7. The van der Waals surface area contributed by atoms with Crippen LogP contribution in [0.3, 0.4) is 0 Å². The van der Waals surface area contributed by atoms with Crippen molar-refractivity contribution in [1.82, 2.24) is 0 Å². The van der Waals surface area contributed by atoms with Crippen molar-refractivity contribution >= 4 is 23.6 Å². The Labute approximate surface area is 198 Å². The number of hydrogen-bond acceptors (Lipinski definition) is 4. The standard InChI is InChI=1S/C28H38O3S/c1-4-7-9-19-30-27-18-12-23(22-28(27)31-20-10-8-5-2)11-17-26(29)24-13-15-25(16-14-24)32-21-6-3/h11-18,22H,4-10,19-21H2,1-3H3/b17-11+. The number of ether oxygens (including phenoxy) is 2. The van der Waals surface area contributed by atoms with Crippen LogP contribution in [0.1, 0.15) is 81.6 Å². The SMILES string of the molecule is CCCCCOc1ccc(/C=C/C(=O)c2ccc(SCCC)cc2)cc1OCCCCC. The molecule has 0 bridgehead atoms. The zero-order chi connectivity index (χ0) is 23.0. The molecule has 4 heteroatoms. The van der Waals surface area contributed by atoms with Crippen molar-refractivity contribution in [2.45, 2.75) is 70.6 Å². The maximum absolute atomic E-state index is 12.6. The fraction of sp³-hybridized carbons (Fsp3) is 0.464. The molecule has 0 saturated heterocycles. The number of allylic oxidation sites excluding steroid dienone is 1. The van der Waals surface area contributed by atoms with Crippen LogP contribution in [0, 0.1) is 0 Å². The van der Waals surface area contributed by atoms with Crippen LogP contribution in [0.4, 0.5) is 0 Å². The molecule has 2 aromatic carbocycles. The molecule has 0 aliphatic carbocycles. The minimum absolute atomic E-state index is 0.00217. The number of ketones is 1. The average Bonchev–Trinajstić information content (AvgIpc) is 2.82. The molecule has 0 amide bonds. The number of thioether (sulfide) groups is 1. The third-order valence-electron chi connectivity index (χ3n) is 5.02. The summed E-state index contributed by atoms with van der Waals surface area (Å²) in [6.07, 6.45) is 11.3. The van der Waals surface area contributed by atoms with E-state index < -0.39 is 0 Å². The first-order valence-electron chi connectivity index (χ1n) is 12.0. The summed E-state index contributed by atoms with van der Waals surface area (Å²) >= 11 is 1.82. The largest absolute Gasteiger partial charge is 0.490 e. The van der Waals surface area contributed by atoms with Crippen molar-refractivity contribution in [3.05, 3.63) is 59.7 Å². The molecule has 0 atom stereocenters. The fourth-order valence-corrected chi connectivity index (χ4v) is 3.90. The lowest BCUT2D eigenvalue weighted by atomic mass is 10.1. The maximum Gasteiger partial charge on any atom is 0.185 e. The Morgan fingerprint density at radius 2 is 1.47 bits per heavy atom. The summed E-state index contributed by atoms with van der Waals surface area (Å²) in [7, 11) is 0. The average molecular weight is 455 g/mol. The van der Waals surface area contributed by atoms with E-state index in [1.165, 1.54) is 11.3 Å². The number of hydrogen-bond donors (Lipinski definition) is 0. The van der Waals surface area contributed by atoms with Gasteiger partial charge in [0.25, 0.3) is 0 Å². The zero-order valence-electron chi connectivity index (χ0n) is 19.9. The third kappa shape index (κ3) is 9.52. The molecule has 0 aliphatic rings. The number of benzene rings is 2.